The first-order valence-electron chi connectivity index (χ1n) is 10.3. The minimum absolute atomic E-state index is 0.197. The molecule has 0 aliphatic carbocycles. The van der Waals surface area contributed by atoms with Gasteiger partial charge in [-0.3, -0.25) is 0 Å². The lowest BCUT2D eigenvalue weighted by Gasteiger charge is -2.09. The first-order valence-corrected chi connectivity index (χ1v) is 10.3. The van der Waals surface area contributed by atoms with Gasteiger partial charge in [0.1, 0.15) is 5.82 Å². The van der Waals surface area contributed by atoms with Crippen molar-refractivity contribution in [3.05, 3.63) is 101 Å². The first-order chi connectivity index (χ1) is 15.4. The lowest BCUT2D eigenvalue weighted by Crippen LogP contribution is -1.99. The second-order valence-electron chi connectivity index (χ2n) is 7.42. The summed E-state index contributed by atoms with van der Waals surface area (Å²) in [4.78, 5) is 0. The summed E-state index contributed by atoms with van der Waals surface area (Å²) in [5.41, 5.74) is 3.63. The number of rotatable bonds is 9. The molecular weight excluding hydrogens is 423 g/mol. The van der Waals surface area contributed by atoms with Gasteiger partial charge in [-0.1, -0.05) is 49.7 Å². The van der Waals surface area contributed by atoms with E-state index in [9.17, 15) is 22.0 Å². The van der Waals surface area contributed by atoms with E-state index in [2.05, 4.69) is 11.7 Å². The third-order valence-electron chi connectivity index (χ3n) is 5.03. The van der Waals surface area contributed by atoms with E-state index >= 15 is 0 Å². The van der Waals surface area contributed by atoms with E-state index in [-0.39, 0.29) is 12.8 Å². The van der Waals surface area contributed by atoms with Gasteiger partial charge in [0.2, 0.25) is 0 Å². The van der Waals surface area contributed by atoms with Crippen molar-refractivity contribution in [3.8, 4) is 16.9 Å². The number of ether oxygens (including phenoxy) is 1. The Hall–Kier alpha value is -3.15. The molecule has 1 nitrogen and oxygen atoms in total. The highest BCUT2D eigenvalue weighted by Gasteiger charge is 2.13. The molecule has 0 saturated carbocycles. The van der Waals surface area contributed by atoms with Gasteiger partial charge >= 0.3 is 0 Å². The predicted octanol–water partition coefficient (Wildman–Crippen LogP) is 7.67. The van der Waals surface area contributed by atoms with Crippen LogP contribution in [0.1, 0.15) is 30.0 Å². The Morgan fingerprint density at radius 2 is 1.41 bits per heavy atom. The van der Waals surface area contributed by atoms with Gasteiger partial charge in [0.25, 0.3) is 6.43 Å². The topological polar surface area (TPSA) is 9.23 Å². The third kappa shape index (κ3) is 6.19. The van der Waals surface area contributed by atoms with E-state index in [1.54, 1.807) is 6.07 Å². The Balaban J connectivity index is 1.68. The molecule has 0 aromatic heterocycles. The zero-order valence-corrected chi connectivity index (χ0v) is 17.6. The van der Waals surface area contributed by atoms with Crippen molar-refractivity contribution in [1.29, 1.82) is 0 Å². The summed E-state index contributed by atoms with van der Waals surface area (Å²) >= 11 is 0. The number of halogens is 5. The van der Waals surface area contributed by atoms with Crippen molar-refractivity contribution in [1.82, 2.24) is 0 Å². The Morgan fingerprint density at radius 1 is 0.750 bits per heavy atom. The lowest BCUT2D eigenvalue weighted by atomic mass is 9.98. The van der Waals surface area contributed by atoms with E-state index in [1.165, 1.54) is 11.6 Å². The van der Waals surface area contributed by atoms with Crippen LogP contribution in [0.4, 0.5) is 22.0 Å². The fraction of sp³-hybridized carbons (Fsp3) is 0.231. The highest BCUT2D eigenvalue weighted by atomic mass is 19.3. The highest BCUT2D eigenvalue weighted by Crippen LogP contribution is 2.26. The molecule has 0 unspecified atom stereocenters. The Labute approximate surface area is 184 Å². The molecule has 0 amide bonds. The summed E-state index contributed by atoms with van der Waals surface area (Å²) < 4.78 is 71.6. The second-order valence-corrected chi connectivity index (χ2v) is 7.42. The van der Waals surface area contributed by atoms with Gasteiger partial charge in [0.05, 0.1) is 6.26 Å². The lowest BCUT2D eigenvalue weighted by molar-refractivity contribution is 0.200. The SMILES string of the molecule is CCCc1ccc(-c2ccc(CCc3cc(F)c(OC=CC(F)F)c(F)c3)c(F)c2)cc1. The average molecular weight is 446 g/mol. The smallest absolute Gasteiger partial charge is 0.260 e. The van der Waals surface area contributed by atoms with Crippen LogP contribution in [0.15, 0.2) is 66.9 Å². The van der Waals surface area contributed by atoms with Crippen LogP contribution >= 0.6 is 0 Å². The van der Waals surface area contributed by atoms with E-state index < -0.39 is 29.6 Å². The van der Waals surface area contributed by atoms with Crippen LogP contribution < -0.4 is 4.74 Å². The Bertz CT molecular complexity index is 1050. The number of hydrogen-bond acceptors (Lipinski definition) is 1. The molecule has 0 aliphatic rings. The highest BCUT2D eigenvalue weighted by molar-refractivity contribution is 5.64. The Kier molecular flexibility index (Phi) is 8.03. The van der Waals surface area contributed by atoms with Crippen LogP contribution in [0.3, 0.4) is 0 Å². The van der Waals surface area contributed by atoms with E-state index in [1.807, 2.05) is 30.3 Å². The molecule has 3 aromatic carbocycles. The Morgan fingerprint density at radius 3 is 2.00 bits per heavy atom. The minimum atomic E-state index is -2.79. The van der Waals surface area contributed by atoms with Crippen LogP contribution in [-0.4, -0.2) is 6.43 Å². The maximum atomic E-state index is 14.6. The standard InChI is InChI=1S/C26H23F5O/c1-2-3-17-4-7-19(8-5-17)21-11-10-20(22(27)16-21)9-6-18-14-23(28)26(24(29)15-18)32-13-12-25(30)31/h4-5,7-8,10-16,25H,2-3,6,9H2,1H3. The van der Waals surface area contributed by atoms with Gasteiger partial charge in [-0.15, -0.1) is 0 Å². The molecule has 0 heterocycles. The average Bonchev–Trinajstić information content (AvgIpc) is 2.75. The summed E-state index contributed by atoms with van der Waals surface area (Å²) in [5, 5.41) is 0. The van der Waals surface area contributed by atoms with Crippen molar-refractivity contribution in [3.63, 3.8) is 0 Å². The van der Waals surface area contributed by atoms with Gasteiger partial charge in [-0.05, 0) is 65.3 Å². The molecule has 3 aromatic rings. The van der Waals surface area contributed by atoms with Crippen molar-refractivity contribution in [2.75, 3.05) is 0 Å². The number of hydrogen-bond donors (Lipinski definition) is 0. The van der Waals surface area contributed by atoms with Crippen molar-refractivity contribution < 1.29 is 26.7 Å². The molecule has 168 valence electrons. The van der Waals surface area contributed by atoms with Gasteiger partial charge in [0, 0.05) is 6.08 Å². The summed E-state index contributed by atoms with van der Waals surface area (Å²) in [7, 11) is 0. The van der Waals surface area contributed by atoms with Crippen LogP contribution in [-0.2, 0) is 19.3 Å². The molecule has 3 rings (SSSR count). The van der Waals surface area contributed by atoms with Crippen molar-refractivity contribution in [2.45, 2.75) is 39.0 Å². The molecular formula is C26H23F5O. The van der Waals surface area contributed by atoms with E-state index in [0.29, 0.717) is 23.5 Å². The number of aryl methyl sites for hydroxylation is 3. The minimum Gasteiger partial charge on any atom is -0.459 e. The quantitative estimate of drug-likeness (QED) is 0.242. The molecule has 32 heavy (non-hydrogen) atoms. The molecule has 0 radical (unpaired) electrons. The first kappa shape index (κ1) is 23.5. The molecule has 0 aliphatic heterocycles. The maximum absolute atomic E-state index is 14.6. The second kappa shape index (κ2) is 10.9. The molecule has 0 fully saturated rings. The summed E-state index contributed by atoms with van der Waals surface area (Å²) in [6.45, 7) is 2.11. The van der Waals surface area contributed by atoms with E-state index in [4.69, 9.17) is 0 Å². The normalized spacial score (nSPS) is 11.5. The predicted molar refractivity (Wildman–Crippen MR) is 115 cm³/mol. The molecule has 6 heteroatoms. The van der Waals surface area contributed by atoms with Gasteiger partial charge in [-0.25, -0.2) is 22.0 Å². The zero-order chi connectivity index (χ0) is 23.1. The summed E-state index contributed by atoms with van der Waals surface area (Å²) in [6.07, 6.45) is 0.617. The zero-order valence-electron chi connectivity index (χ0n) is 17.6. The van der Waals surface area contributed by atoms with Gasteiger partial charge in [-0.2, -0.15) is 0 Å². The monoisotopic (exact) mass is 446 g/mol. The fourth-order valence-corrected chi connectivity index (χ4v) is 3.40. The van der Waals surface area contributed by atoms with Crippen LogP contribution in [0.5, 0.6) is 5.75 Å². The summed E-state index contributed by atoms with van der Waals surface area (Å²) in [6, 6.07) is 15.0. The van der Waals surface area contributed by atoms with Crippen molar-refractivity contribution >= 4 is 0 Å². The molecule has 0 bridgehead atoms. The number of benzene rings is 3. The van der Waals surface area contributed by atoms with Crippen molar-refractivity contribution in [2.24, 2.45) is 0 Å². The number of allylic oxidation sites excluding steroid dienone is 1. The van der Waals surface area contributed by atoms with Crippen LogP contribution in [0.2, 0.25) is 0 Å². The van der Waals surface area contributed by atoms with Crippen LogP contribution in [0, 0.1) is 17.5 Å². The molecule has 0 saturated heterocycles. The van der Waals surface area contributed by atoms with Gasteiger partial charge in [0.15, 0.2) is 17.4 Å². The van der Waals surface area contributed by atoms with Crippen LogP contribution in [0.25, 0.3) is 11.1 Å². The largest absolute Gasteiger partial charge is 0.459 e. The third-order valence-corrected chi connectivity index (χ3v) is 5.03. The molecule has 0 N–H and O–H groups in total. The van der Waals surface area contributed by atoms with E-state index in [0.717, 1.165) is 36.1 Å². The van der Waals surface area contributed by atoms with Gasteiger partial charge < -0.3 is 4.74 Å². The number of alkyl halides is 2. The fourth-order valence-electron chi connectivity index (χ4n) is 3.40. The molecule has 0 spiro atoms. The maximum Gasteiger partial charge on any atom is 0.260 e. The summed E-state index contributed by atoms with van der Waals surface area (Å²) in [5.74, 6) is -3.17. The molecule has 0 atom stereocenters.